The highest BCUT2D eigenvalue weighted by Crippen LogP contribution is 2.31. The Morgan fingerprint density at radius 1 is 1.05 bits per heavy atom. The molecule has 0 unspecified atom stereocenters. The van der Waals surface area contributed by atoms with Crippen molar-refractivity contribution in [2.45, 2.75) is 9.92 Å². The van der Waals surface area contributed by atoms with Crippen LogP contribution in [0, 0.1) is 0 Å². The standard InChI is InChI=1S/C15H11NO2S/c17-15(18)11-6-2-4-8-13(11)19-14-9-10-5-1-3-7-12(10)16-14/h1-9,16H,(H,17,18). The number of hydrogen-bond donors (Lipinski definition) is 2. The van der Waals surface area contributed by atoms with E-state index in [4.69, 9.17) is 5.11 Å². The van der Waals surface area contributed by atoms with Crippen molar-refractivity contribution in [2.24, 2.45) is 0 Å². The molecule has 4 heteroatoms. The predicted octanol–water partition coefficient (Wildman–Crippen LogP) is 4.02. The molecular weight excluding hydrogens is 258 g/mol. The smallest absolute Gasteiger partial charge is 0.336 e. The molecular formula is C15H11NO2S. The molecule has 0 aliphatic heterocycles. The summed E-state index contributed by atoms with van der Waals surface area (Å²) in [7, 11) is 0. The van der Waals surface area contributed by atoms with Crippen LogP contribution in [-0.4, -0.2) is 16.1 Å². The summed E-state index contributed by atoms with van der Waals surface area (Å²) in [6, 6.07) is 17.0. The van der Waals surface area contributed by atoms with Crippen LogP contribution in [0.3, 0.4) is 0 Å². The molecule has 0 saturated carbocycles. The fraction of sp³-hybridized carbons (Fsp3) is 0. The largest absolute Gasteiger partial charge is 0.478 e. The summed E-state index contributed by atoms with van der Waals surface area (Å²) in [5.74, 6) is -0.904. The molecule has 0 aliphatic rings. The summed E-state index contributed by atoms with van der Waals surface area (Å²) in [4.78, 5) is 15.2. The fourth-order valence-electron chi connectivity index (χ4n) is 1.95. The zero-order chi connectivity index (χ0) is 13.2. The highest BCUT2D eigenvalue weighted by molar-refractivity contribution is 7.99. The number of aromatic amines is 1. The number of rotatable bonds is 3. The lowest BCUT2D eigenvalue weighted by Gasteiger charge is -2.03. The summed E-state index contributed by atoms with van der Waals surface area (Å²) in [6.07, 6.45) is 0. The molecule has 0 bridgehead atoms. The van der Waals surface area contributed by atoms with Gasteiger partial charge in [-0.05, 0) is 24.3 Å². The first-order chi connectivity index (χ1) is 9.24. The van der Waals surface area contributed by atoms with Gasteiger partial charge in [-0.25, -0.2) is 4.79 Å². The Hall–Kier alpha value is -2.20. The van der Waals surface area contributed by atoms with Gasteiger partial charge < -0.3 is 10.1 Å². The SMILES string of the molecule is O=C(O)c1ccccc1Sc1cc2ccccc2[nH]1. The first-order valence-corrected chi connectivity index (χ1v) is 6.63. The van der Waals surface area contributed by atoms with Crippen LogP contribution in [0.1, 0.15) is 10.4 Å². The Labute approximate surface area is 114 Å². The number of benzene rings is 2. The minimum absolute atomic E-state index is 0.325. The van der Waals surface area contributed by atoms with Crippen LogP contribution in [0.15, 0.2) is 64.5 Å². The molecule has 0 atom stereocenters. The van der Waals surface area contributed by atoms with Crippen LogP contribution in [0.4, 0.5) is 0 Å². The van der Waals surface area contributed by atoms with E-state index >= 15 is 0 Å². The number of H-pyrrole nitrogens is 1. The van der Waals surface area contributed by atoms with Gasteiger partial charge >= 0.3 is 5.97 Å². The van der Waals surface area contributed by atoms with Gasteiger partial charge in [-0.3, -0.25) is 0 Å². The molecule has 0 amide bonds. The Kier molecular flexibility index (Phi) is 3.01. The lowest BCUT2D eigenvalue weighted by Crippen LogP contribution is -1.97. The molecule has 0 radical (unpaired) electrons. The molecule has 0 saturated heterocycles. The number of para-hydroxylation sites is 1. The first-order valence-electron chi connectivity index (χ1n) is 5.82. The Morgan fingerprint density at radius 2 is 1.79 bits per heavy atom. The van der Waals surface area contributed by atoms with E-state index in [1.165, 1.54) is 11.8 Å². The van der Waals surface area contributed by atoms with Crippen molar-refractivity contribution in [1.29, 1.82) is 0 Å². The van der Waals surface area contributed by atoms with E-state index < -0.39 is 5.97 Å². The zero-order valence-electron chi connectivity index (χ0n) is 9.96. The van der Waals surface area contributed by atoms with Crippen LogP contribution >= 0.6 is 11.8 Å². The van der Waals surface area contributed by atoms with E-state index in [0.29, 0.717) is 5.56 Å². The first kappa shape index (κ1) is 11.9. The zero-order valence-corrected chi connectivity index (χ0v) is 10.8. The summed E-state index contributed by atoms with van der Waals surface area (Å²) >= 11 is 1.43. The second-order valence-corrected chi connectivity index (χ2v) is 5.21. The molecule has 1 aromatic heterocycles. The number of hydrogen-bond acceptors (Lipinski definition) is 2. The maximum atomic E-state index is 11.2. The van der Waals surface area contributed by atoms with Gasteiger partial charge in [0.25, 0.3) is 0 Å². The van der Waals surface area contributed by atoms with Crippen molar-refractivity contribution in [1.82, 2.24) is 4.98 Å². The topological polar surface area (TPSA) is 53.1 Å². The fourth-order valence-corrected chi connectivity index (χ4v) is 2.95. The second kappa shape index (κ2) is 4.82. The predicted molar refractivity (Wildman–Crippen MR) is 75.8 cm³/mol. The third-order valence-electron chi connectivity index (χ3n) is 2.84. The summed E-state index contributed by atoms with van der Waals surface area (Å²) in [6.45, 7) is 0. The molecule has 94 valence electrons. The van der Waals surface area contributed by atoms with Gasteiger partial charge in [0.1, 0.15) is 0 Å². The van der Waals surface area contributed by atoms with Crippen molar-refractivity contribution in [3.63, 3.8) is 0 Å². The highest BCUT2D eigenvalue weighted by Gasteiger charge is 2.11. The van der Waals surface area contributed by atoms with Gasteiger partial charge in [-0.1, -0.05) is 42.1 Å². The van der Waals surface area contributed by atoms with E-state index in [1.807, 2.05) is 42.5 Å². The van der Waals surface area contributed by atoms with E-state index in [0.717, 1.165) is 20.8 Å². The average molecular weight is 269 g/mol. The third kappa shape index (κ3) is 2.35. The van der Waals surface area contributed by atoms with Crippen LogP contribution < -0.4 is 0 Å². The molecule has 19 heavy (non-hydrogen) atoms. The van der Waals surface area contributed by atoms with Crippen LogP contribution in [-0.2, 0) is 0 Å². The molecule has 0 aliphatic carbocycles. The number of aromatic nitrogens is 1. The Morgan fingerprint density at radius 3 is 2.58 bits per heavy atom. The van der Waals surface area contributed by atoms with E-state index in [2.05, 4.69) is 4.98 Å². The molecule has 2 N–H and O–H groups in total. The normalized spacial score (nSPS) is 10.7. The lowest BCUT2D eigenvalue weighted by molar-refractivity contribution is 0.0693. The maximum absolute atomic E-state index is 11.2. The van der Waals surface area contributed by atoms with Gasteiger partial charge in [0.05, 0.1) is 10.6 Å². The lowest BCUT2D eigenvalue weighted by atomic mass is 10.2. The van der Waals surface area contributed by atoms with Gasteiger partial charge in [0.2, 0.25) is 0 Å². The van der Waals surface area contributed by atoms with Crippen LogP contribution in [0.2, 0.25) is 0 Å². The molecule has 3 nitrogen and oxygen atoms in total. The minimum Gasteiger partial charge on any atom is -0.478 e. The quantitative estimate of drug-likeness (QED) is 0.755. The van der Waals surface area contributed by atoms with Gasteiger partial charge in [0.15, 0.2) is 0 Å². The Bertz CT molecular complexity index is 715. The second-order valence-electron chi connectivity index (χ2n) is 4.12. The number of nitrogens with one attached hydrogen (secondary N) is 1. The number of carboxylic acid groups (broad SMARTS) is 1. The number of carbonyl (C=O) groups is 1. The van der Waals surface area contributed by atoms with Crippen molar-refractivity contribution in [3.05, 3.63) is 60.2 Å². The molecule has 3 aromatic rings. The maximum Gasteiger partial charge on any atom is 0.336 e. The number of fused-ring (bicyclic) bond motifs is 1. The molecule has 0 spiro atoms. The summed E-state index contributed by atoms with van der Waals surface area (Å²) in [5.41, 5.74) is 1.38. The summed E-state index contributed by atoms with van der Waals surface area (Å²) < 4.78 is 0. The van der Waals surface area contributed by atoms with E-state index in [-0.39, 0.29) is 0 Å². The Balaban J connectivity index is 1.99. The van der Waals surface area contributed by atoms with Crippen LogP contribution in [0.5, 0.6) is 0 Å². The van der Waals surface area contributed by atoms with Crippen LogP contribution in [0.25, 0.3) is 10.9 Å². The molecule has 1 heterocycles. The van der Waals surface area contributed by atoms with Crippen molar-refractivity contribution < 1.29 is 9.90 Å². The number of aromatic carboxylic acids is 1. The molecule has 0 fully saturated rings. The van der Waals surface area contributed by atoms with Crippen molar-refractivity contribution in [3.8, 4) is 0 Å². The van der Waals surface area contributed by atoms with Gasteiger partial charge in [-0.2, -0.15) is 0 Å². The van der Waals surface area contributed by atoms with Crippen molar-refractivity contribution >= 4 is 28.6 Å². The monoisotopic (exact) mass is 269 g/mol. The van der Waals surface area contributed by atoms with E-state index in [1.54, 1.807) is 12.1 Å². The highest BCUT2D eigenvalue weighted by atomic mass is 32.2. The van der Waals surface area contributed by atoms with Gasteiger partial charge in [-0.15, -0.1) is 0 Å². The number of carboxylic acids is 1. The van der Waals surface area contributed by atoms with Gasteiger partial charge in [0, 0.05) is 15.8 Å². The molecule has 3 rings (SSSR count). The molecule has 2 aromatic carbocycles. The third-order valence-corrected chi connectivity index (χ3v) is 3.86. The minimum atomic E-state index is -0.904. The van der Waals surface area contributed by atoms with E-state index in [9.17, 15) is 4.79 Å². The summed E-state index contributed by atoms with van der Waals surface area (Å²) in [5, 5.41) is 11.2. The van der Waals surface area contributed by atoms with Crippen molar-refractivity contribution in [2.75, 3.05) is 0 Å². The average Bonchev–Trinajstić information content (AvgIpc) is 2.81.